The third-order valence-electron chi connectivity index (χ3n) is 5.91. The third kappa shape index (κ3) is 3.98. The number of nitrogens with zero attached hydrogens (tertiary/aromatic N) is 2. The lowest BCUT2D eigenvalue weighted by atomic mass is 9.75. The predicted molar refractivity (Wildman–Crippen MR) is 108 cm³/mol. The Hall–Kier alpha value is -2.50. The highest BCUT2D eigenvalue weighted by Crippen LogP contribution is 2.39. The van der Waals surface area contributed by atoms with Crippen molar-refractivity contribution in [3.8, 4) is 0 Å². The van der Waals surface area contributed by atoms with Gasteiger partial charge in [-0.3, -0.25) is 9.78 Å². The number of carbonyl (C=O) groups is 2. The number of carbonyl (C=O) groups excluding carboxylic acids is 2. The van der Waals surface area contributed by atoms with Crippen molar-refractivity contribution in [3.63, 3.8) is 0 Å². The van der Waals surface area contributed by atoms with Crippen LogP contribution < -0.4 is 0 Å². The van der Waals surface area contributed by atoms with E-state index in [1.165, 1.54) is 6.07 Å². The second-order valence-electron chi connectivity index (χ2n) is 9.19. The van der Waals surface area contributed by atoms with Gasteiger partial charge in [0.1, 0.15) is 11.4 Å². The first-order valence-electron chi connectivity index (χ1n) is 10.3. The zero-order chi connectivity index (χ0) is 20.8. The zero-order valence-electron chi connectivity index (χ0n) is 17.2. The average molecular weight is 398 g/mol. The highest BCUT2D eigenvalue weighted by atomic mass is 19.1. The Balaban J connectivity index is 1.56. The van der Waals surface area contributed by atoms with Gasteiger partial charge >= 0.3 is 6.09 Å². The summed E-state index contributed by atoms with van der Waals surface area (Å²) in [6.45, 7) is 5.57. The molecule has 6 heteroatoms. The molecule has 0 spiro atoms. The Kier molecular flexibility index (Phi) is 5.05. The van der Waals surface area contributed by atoms with Crippen LogP contribution in [0.3, 0.4) is 0 Å². The monoisotopic (exact) mass is 398 g/mol. The highest BCUT2D eigenvalue weighted by molar-refractivity contribution is 6.01. The van der Waals surface area contributed by atoms with E-state index in [4.69, 9.17) is 4.74 Å². The molecule has 1 aromatic heterocycles. The summed E-state index contributed by atoms with van der Waals surface area (Å²) in [5.41, 5.74) is 0.109. The summed E-state index contributed by atoms with van der Waals surface area (Å²) in [5.74, 6) is -0.984. The lowest BCUT2D eigenvalue weighted by Gasteiger charge is -2.48. The van der Waals surface area contributed by atoms with E-state index in [0.717, 1.165) is 24.6 Å². The Morgan fingerprint density at radius 2 is 1.86 bits per heavy atom. The molecule has 154 valence electrons. The van der Waals surface area contributed by atoms with Crippen molar-refractivity contribution in [1.29, 1.82) is 0 Å². The van der Waals surface area contributed by atoms with Gasteiger partial charge in [0.2, 0.25) is 0 Å². The van der Waals surface area contributed by atoms with Gasteiger partial charge in [-0.2, -0.15) is 0 Å². The van der Waals surface area contributed by atoms with Crippen molar-refractivity contribution in [2.24, 2.45) is 5.92 Å². The Labute approximate surface area is 170 Å². The maximum atomic E-state index is 14.7. The second-order valence-corrected chi connectivity index (χ2v) is 9.19. The van der Waals surface area contributed by atoms with Gasteiger partial charge in [-0.05, 0) is 65.0 Å². The molecule has 5 nitrogen and oxygen atoms in total. The molecule has 0 saturated carbocycles. The largest absolute Gasteiger partial charge is 0.444 e. The average Bonchev–Trinajstić information content (AvgIpc) is 2.64. The van der Waals surface area contributed by atoms with E-state index < -0.39 is 11.4 Å². The molecule has 29 heavy (non-hydrogen) atoms. The number of piperidine rings is 2. The van der Waals surface area contributed by atoms with Gasteiger partial charge in [0.25, 0.3) is 0 Å². The molecule has 2 bridgehead atoms. The van der Waals surface area contributed by atoms with Crippen LogP contribution in [-0.4, -0.2) is 39.4 Å². The molecule has 0 radical (unpaired) electrons. The van der Waals surface area contributed by atoms with Crippen molar-refractivity contribution in [2.75, 3.05) is 0 Å². The number of ether oxygens (including phenoxy) is 1. The molecule has 1 aromatic carbocycles. The van der Waals surface area contributed by atoms with Crippen LogP contribution in [0, 0.1) is 11.7 Å². The second kappa shape index (κ2) is 7.39. The van der Waals surface area contributed by atoms with Crippen LogP contribution >= 0.6 is 0 Å². The molecule has 1 amide bonds. The molecule has 2 fully saturated rings. The van der Waals surface area contributed by atoms with E-state index in [0.29, 0.717) is 18.4 Å². The summed E-state index contributed by atoms with van der Waals surface area (Å²) in [4.78, 5) is 31.9. The van der Waals surface area contributed by atoms with E-state index in [9.17, 15) is 14.0 Å². The van der Waals surface area contributed by atoms with Gasteiger partial charge in [0.05, 0.1) is 11.1 Å². The number of aromatic nitrogens is 1. The minimum atomic E-state index is -0.555. The molecular weight excluding hydrogens is 371 g/mol. The molecule has 2 atom stereocenters. The van der Waals surface area contributed by atoms with Crippen LogP contribution in [0.25, 0.3) is 10.9 Å². The quantitative estimate of drug-likeness (QED) is 0.659. The normalized spacial score (nSPS) is 24.4. The molecule has 0 aliphatic carbocycles. The minimum Gasteiger partial charge on any atom is -0.444 e. The topological polar surface area (TPSA) is 59.5 Å². The number of halogens is 1. The van der Waals surface area contributed by atoms with E-state index in [-0.39, 0.29) is 35.4 Å². The molecule has 2 unspecified atom stereocenters. The Bertz CT molecular complexity index is 939. The number of benzene rings is 1. The number of amides is 1. The van der Waals surface area contributed by atoms with Crippen LogP contribution in [0.1, 0.15) is 63.2 Å². The molecule has 3 heterocycles. The number of pyridine rings is 1. The van der Waals surface area contributed by atoms with Gasteiger partial charge in [0, 0.05) is 35.7 Å². The minimum absolute atomic E-state index is 0.0310. The van der Waals surface area contributed by atoms with Crippen LogP contribution in [0.2, 0.25) is 0 Å². The van der Waals surface area contributed by atoms with E-state index in [1.54, 1.807) is 18.3 Å². The third-order valence-corrected chi connectivity index (χ3v) is 5.91. The fourth-order valence-corrected chi connectivity index (χ4v) is 4.71. The van der Waals surface area contributed by atoms with E-state index >= 15 is 0 Å². The van der Waals surface area contributed by atoms with Gasteiger partial charge in [-0.1, -0.05) is 6.07 Å². The molecule has 2 aliphatic heterocycles. The number of rotatable bonds is 2. The van der Waals surface area contributed by atoms with Crippen molar-refractivity contribution in [3.05, 3.63) is 41.8 Å². The summed E-state index contributed by atoms with van der Waals surface area (Å²) < 4.78 is 20.3. The molecule has 2 aromatic rings. The van der Waals surface area contributed by atoms with Crippen molar-refractivity contribution >= 4 is 22.8 Å². The molecule has 2 aliphatic rings. The van der Waals surface area contributed by atoms with Crippen LogP contribution in [0.5, 0.6) is 0 Å². The van der Waals surface area contributed by atoms with Crippen molar-refractivity contribution in [1.82, 2.24) is 9.88 Å². The molecule has 2 saturated heterocycles. The number of Topliss-reactive ketones (excluding diaryl/α,β-unsaturated/α-hetero) is 1. The van der Waals surface area contributed by atoms with Gasteiger partial charge in [-0.15, -0.1) is 0 Å². The summed E-state index contributed by atoms with van der Waals surface area (Å²) in [7, 11) is 0. The number of hydrogen-bond donors (Lipinski definition) is 0. The first kappa shape index (κ1) is 19.8. The fraction of sp³-hybridized carbons (Fsp3) is 0.522. The number of fused-ring (bicyclic) bond motifs is 3. The van der Waals surface area contributed by atoms with Gasteiger partial charge in [-0.25, -0.2) is 9.18 Å². The Morgan fingerprint density at radius 3 is 2.52 bits per heavy atom. The molecule has 4 rings (SSSR count). The van der Waals surface area contributed by atoms with E-state index in [2.05, 4.69) is 4.98 Å². The van der Waals surface area contributed by atoms with Gasteiger partial charge < -0.3 is 9.64 Å². The first-order chi connectivity index (χ1) is 13.7. The lowest BCUT2D eigenvalue weighted by molar-refractivity contribution is -0.0261. The predicted octanol–water partition coefficient (Wildman–Crippen LogP) is 5.12. The SMILES string of the molecule is CC(C)(C)OC(=O)N1C2CCCC1CC(C(=O)c1cc3cccnc3cc1F)C2. The van der Waals surface area contributed by atoms with Crippen LogP contribution in [0.15, 0.2) is 30.5 Å². The standard InChI is InChI=1S/C23H27FN2O3/c1-23(2,3)29-22(28)26-16-7-4-8-17(26)11-15(10-16)21(27)18-12-14-6-5-9-25-20(14)13-19(18)24/h5-6,9,12-13,15-17H,4,7-8,10-11H2,1-3H3. The maximum absolute atomic E-state index is 14.7. The summed E-state index contributed by atoms with van der Waals surface area (Å²) in [6, 6.07) is 6.49. The summed E-state index contributed by atoms with van der Waals surface area (Å²) in [5, 5.41) is 0.753. The van der Waals surface area contributed by atoms with E-state index in [1.807, 2.05) is 31.7 Å². The zero-order valence-corrected chi connectivity index (χ0v) is 17.2. The van der Waals surface area contributed by atoms with Crippen LogP contribution in [-0.2, 0) is 4.74 Å². The fourth-order valence-electron chi connectivity index (χ4n) is 4.71. The Morgan fingerprint density at radius 1 is 1.17 bits per heavy atom. The number of ketones is 1. The summed E-state index contributed by atoms with van der Waals surface area (Å²) >= 11 is 0. The van der Waals surface area contributed by atoms with Crippen molar-refractivity contribution < 1.29 is 18.7 Å². The van der Waals surface area contributed by atoms with Gasteiger partial charge in [0.15, 0.2) is 5.78 Å². The summed E-state index contributed by atoms with van der Waals surface area (Å²) in [6.07, 6.45) is 5.15. The number of hydrogen-bond acceptors (Lipinski definition) is 4. The first-order valence-corrected chi connectivity index (χ1v) is 10.3. The maximum Gasteiger partial charge on any atom is 0.410 e. The molecule has 0 N–H and O–H groups in total. The van der Waals surface area contributed by atoms with Crippen LogP contribution in [0.4, 0.5) is 9.18 Å². The highest BCUT2D eigenvalue weighted by Gasteiger charge is 2.44. The smallest absolute Gasteiger partial charge is 0.410 e. The van der Waals surface area contributed by atoms with Crippen molar-refractivity contribution in [2.45, 2.75) is 70.6 Å². The lowest BCUT2D eigenvalue weighted by Crippen LogP contribution is -2.56. The molecular formula is C23H27FN2O3.